The third kappa shape index (κ3) is 4.68. The Hall–Kier alpha value is -1.04. The van der Waals surface area contributed by atoms with Crippen LogP contribution in [0.5, 0.6) is 0 Å². The number of allylic oxidation sites excluding steroid dienone is 2. The molecule has 0 amide bonds. The lowest BCUT2D eigenvalue weighted by Gasteiger charge is -2.17. The van der Waals surface area contributed by atoms with Gasteiger partial charge in [-0.05, 0) is 50.0 Å². The van der Waals surface area contributed by atoms with Crippen LogP contribution in [0.4, 0.5) is 0 Å². The lowest BCUT2D eigenvalue weighted by Crippen LogP contribution is -1.99. The van der Waals surface area contributed by atoms with Gasteiger partial charge < -0.3 is 0 Å². The lowest BCUT2D eigenvalue weighted by molar-refractivity contribution is 0.508. The molecule has 0 radical (unpaired) electrons. The third-order valence-electron chi connectivity index (χ3n) is 4.03. The Morgan fingerprint density at radius 3 is 2.17 bits per heavy atom. The average Bonchev–Trinajstić information content (AvgIpc) is 2.40. The van der Waals surface area contributed by atoms with Gasteiger partial charge in [0.25, 0.3) is 0 Å². The summed E-state index contributed by atoms with van der Waals surface area (Å²) in [7, 11) is 0. The van der Waals surface area contributed by atoms with E-state index >= 15 is 0 Å². The van der Waals surface area contributed by atoms with Gasteiger partial charge in [-0.15, -0.1) is 0 Å². The average molecular weight is 242 g/mol. The number of benzene rings is 1. The van der Waals surface area contributed by atoms with Crippen LogP contribution in [0.2, 0.25) is 0 Å². The molecule has 0 aliphatic heterocycles. The Balaban J connectivity index is 1.94. The van der Waals surface area contributed by atoms with E-state index in [4.69, 9.17) is 0 Å². The zero-order valence-electron chi connectivity index (χ0n) is 11.5. The van der Waals surface area contributed by atoms with E-state index in [1.807, 2.05) is 0 Å². The molecule has 1 aromatic carbocycles. The van der Waals surface area contributed by atoms with E-state index in [1.54, 1.807) is 5.56 Å². The second-order valence-corrected chi connectivity index (χ2v) is 5.50. The summed E-state index contributed by atoms with van der Waals surface area (Å²) < 4.78 is 0. The summed E-state index contributed by atoms with van der Waals surface area (Å²) in [5.74, 6) is 0.791. The molecule has 0 bridgehead atoms. The lowest BCUT2D eigenvalue weighted by atomic mass is 9.88. The monoisotopic (exact) mass is 242 g/mol. The normalized spacial score (nSPS) is 23.0. The van der Waals surface area contributed by atoms with Crippen LogP contribution in [0.1, 0.15) is 69.3 Å². The molecular weight excluding hydrogens is 216 g/mol. The van der Waals surface area contributed by atoms with Crippen LogP contribution < -0.4 is 0 Å². The highest BCUT2D eigenvalue weighted by Crippen LogP contribution is 2.28. The molecule has 2 rings (SSSR count). The van der Waals surface area contributed by atoms with Gasteiger partial charge in [-0.25, -0.2) is 0 Å². The Kier molecular flexibility index (Phi) is 6.05. The molecule has 98 valence electrons. The Bertz CT molecular complexity index is 336. The summed E-state index contributed by atoms with van der Waals surface area (Å²) in [6, 6.07) is 11.1. The van der Waals surface area contributed by atoms with E-state index in [1.165, 1.54) is 57.8 Å². The molecule has 0 heterocycles. The molecule has 0 fully saturated rings. The van der Waals surface area contributed by atoms with Crippen molar-refractivity contribution in [1.82, 2.24) is 0 Å². The van der Waals surface area contributed by atoms with Crippen LogP contribution >= 0.6 is 0 Å². The third-order valence-corrected chi connectivity index (χ3v) is 4.03. The maximum Gasteiger partial charge on any atom is -0.0162 e. The predicted octanol–water partition coefficient (Wildman–Crippen LogP) is 5.85. The van der Waals surface area contributed by atoms with Gasteiger partial charge in [0.1, 0.15) is 0 Å². The first-order chi connectivity index (χ1) is 8.97. The van der Waals surface area contributed by atoms with Crippen molar-refractivity contribution in [2.24, 2.45) is 0 Å². The maximum atomic E-state index is 2.39. The fraction of sp³-hybridized carbons (Fsp3) is 0.556. The number of hydrogen-bond donors (Lipinski definition) is 0. The van der Waals surface area contributed by atoms with Crippen molar-refractivity contribution in [2.45, 2.75) is 63.7 Å². The van der Waals surface area contributed by atoms with Gasteiger partial charge in [-0.1, -0.05) is 61.7 Å². The molecule has 1 unspecified atom stereocenters. The standard InChI is InChI=1S/C18H26/c1-2-4-6-9-13-17(14-10-7-5-3-1)18-15-11-8-12-16-18/h2,4,8,11-12,15-17H,1,3,5-7,9-10,13-14H2. The van der Waals surface area contributed by atoms with Crippen LogP contribution in [-0.2, 0) is 0 Å². The highest BCUT2D eigenvalue weighted by atomic mass is 14.2. The van der Waals surface area contributed by atoms with Gasteiger partial charge in [0.2, 0.25) is 0 Å². The number of hydrogen-bond acceptors (Lipinski definition) is 0. The van der Waals surface area contributed by atoms with Gasteiger partial charge >= 0.3 is 0 Å². The predicted molar refractivity (Wildman–Crippen MR) is 79.9 cm³/mol. The van der Waals surface area contributed by atoms with Crippen LogP contribution in [0.3, 0.4) is 0 Å². The first-order valence-corrected chi connectivity index (χ1v) is 7.67. The Morgan fingerprint density at radius 2 is 1.33 bits per heavy atom. The first-order valence-electron chi connectivity index (χ1n) is 7.67. The van der Waals surface area contributed by atoms with Crippen LogP contribution in [-0.4, -0.2) is 0 Å². The smallest absolute Gasteiger partial charge is 0.0162 e. The van der Waals surface area contributed by atoms with Gasteiger partial charge in [0.15, 0.2) is 0 Å². The highest BCUT2D eigenvalue weighted by molar-refractivity contribution is 5.19. The minimum atomic E-state index is 0.791. The molecule has 0 saturated heterocycles. The molecule has 0 N–H and O–H groups in total. The van der Waals surface area contributed by atoms with E-state index in [2.05, 4.69) is 42.5 Å². The van der Waals surface area contributed by atoms with Crippen molar-refractivity contribution in [3.63, 3.8) is 0 Å². The zero-order valence-corrected chi connectivity index (χ0v) is 11.5. The van der Waals surface area contributed by atoms with E-state index in [9.17, 15) is 0 Å². The summed E-state index contributed by atoms with van der Waals surface area (Å²) in [5.41, 5.74) is 1.55. The molecular formula is C18H26. The van der Waals surface area contributed by atoms with E-state index in [0.717, 1.165) is 5.92 Å². The van der Waals surface area contributed by atoms with Gasteiger partial charge in [-0.3, -0.25) is 0 Å². The van der Waals surface area contributed by atoms with E-state index in [0.29, 0.717) is 0 Å². The summed E-state index contributed by atoms with van der Waals surface area (Å²) in [5, 5.41) is 0. The van der Waals surface area contributed by atoms with Crippen molar-refractivity contribution in [1.29, 1.82) is 0 Å². The molecule has 0 spiro atoms. The van der Waals surface area contributed by atoms with Crippen molar-refractivity contribution in [3.05, 3.63) is 48.0 Å². The minimum Gasteiger partial charge on any atom is -0.0885 e. The summed E-state index contributed by atoms with van der Waals surface area (Å²) in [6.45, 7) is 0. The van der Waals surface area contributed by atoms with Crippen molar-refractivity contribution in [3.8, 4) is 0 Å². The maximum absolute atomic E-state index is 2.39. The Morgan fingerprint density at radius 1 is 0.667 bits per heavy atom. The fourth-order valence-corrected chi connectivity index (χ4v) is 2.93. The van der Waals surface area contributed by atoms with Gasteiger partial charge in [-0.2, -0.15) is 0 Å². The molecule has 1 atom stereocenters. The summed E-state index contributed by atoms with van der Waals surface area (Å²) in [6.07, 6.45) is 17.0. The first kappa shape index (κ1) is 13.4. The molecule has 1 aromatic rings. The minimum absolute atomic E-state index is 0.791. The molecule has 0 heteroatoms. The van der Waals surface area contributed by atoms with Crippen LogP contribution in [0, 0.1) is 0 Å². The van der Waals surface area contributed by atoms with Crippen molar-refractivity contribution < 1.29 is 0 Å². The summed E-state index contributed by atoms with van der Waals surface area (Å²) >= 11 is 0. The van der Waals surface area contributed by atoms with Gasteiger partial charge in [0.05, 0.1) is 0 Å². The SMILES string of the molecule is C1=CCCCC(c2ccccc2)CCCCCC1. The highest BCUT2D eigenvalue weighted by Gasteiger charge is 2.10. The van der Waals surface area contributed by atoms with E-state index < -0.39 is 0 Å². The zero-order chi connectivity index (χ0) is 12.5. The molecule has 0 saturated carbocycles. The molecule has 1 aliphatic carbocycles. The second-order valence-electron chi connectivity index (χ2n) is 5.50. The van der Waals surface area contributed by atoms with Gasteiger partial charge in [0, 0.05) is 0 Å². The van der Waals surface area contributed by atoms with E-state index in [-0.39, 0.29) is 0 Å². The second kappa shape index (κ2) is 8.13. The largest absolute Gasteiger partial charge is 0.0885 e. The fourth-order valence-electron chi connectivity index (χ4n) is 2.93. The number of rotatable bonds is 1. The van der Waals surface area contributed by atoms with Crippen molar-refractivity contribution >= 4 is 0 Å². The quantitative estimate of drug-likeness (QED) is 0.542. The summed E-state index contributed by atoms with van der Waals surface area (Å²) in [4.78, 5) is 0. The van der Waals surface area contributed by atoms with Crippen LogP contribution in [0.25, 0.3) is 0 Å². The molecule has 18 heavy (non-hydrogen) atoms. The molecule has 0 aromatic heterocycles. The molecule has 0 nitrogen and oxygen atoms in total. The topological polar surface area (TPSA) is 0 Å². The van der Waals surface area contributed by atoms with Crippen molar-refractivity contribution in [2.75, 3.05) is 0 Å². The Labute approximate surface area is 112 Å². The van der Waals surface area contributed by atoms with Crippen LogP contribution in [0.15, 0.2) is 42.5 Å². The molecule has 1 aliphatic rings.